The summed E-state index contributed by atoms with van der Waals surface area (Å²) in [6, 6.07) is 15.9. The Bertz CT molecular complexity index is 1080. The number of carboxylic acid groups (broad SMARTS) is 1. The lowest BCUT2D eigenvalue weighted by molar-refractivity contribution is -0.131. The fourth-order valence-corrected chi connectivity index (χ4v) is 4.98. The Kier molecular flexibility index (Phi) is 4.92. The molecule has 1 atom stereocenters. The zero-order chi connectivity index (χ0) is 20.6. The highest BCUT2D eigenvalue weighted by Gasteiger charge is 2.41. The van der Waals surface area contributed by atoms with E-state index in [9.17, 15) is 9.90 Å². The first-order valence-electron chi connectivity index (χ1n) is 9.55. The van der Waals surface area contributed by atoms with E-state index in [1.165, 1.54) is 16.1 Å². The molecule has 1 aromatic heterocycles. The Morgan fingerprint density at radius 3 is 2.59 bits per heavy atom. The van der Waals surface area contributed by atoms with E-state index in [4.69, 9.17) is 5.11 Å². The Labute approximate surface area is 174 Å². The fraction of sp³-hybridized carbons (Fsp3) is 0.208. The lowest BCUT2D eigenvalue weighted by Crippen LogP contribution is -2.49. The molecule has 4 rings (SSSR count). The molecule has 1 aliphatic rings. The molecule has 0 saturated heterocycles. The number of rotatable bonds is 4. The Morgan fingerprint density at radius 2 is 1.93 bits per heavy atom. The molecule has 148 valence electrons. The van der Waals surface area contributed by atoms with Gasteiger partial charge in [0.15, 0.2) is 0 Å². The summed E-state index contributed by atoms with van der Waals surface area (Å²) in [5.41, 5.74) is 5.14. The standard InChI is InChI=1S/C24H23NO3S/c1-16-22(12-14-29-16)25-13-11-18-15-20(26)8-9-21(18)24(25,2)19-6-3-17(4-7-19)5-10-23(27)28/h3-10,12,14-15,26H,11,13H2,1-2H3,(H,27,28)/b10-5+. The number of anilines is 1. The van der Waals surface area contributed by atoms with Crippen molar-refractivity contribution in [2.24, 2.45) is 0 Å². The molecule has 0 amide bonds. The second-order valence-electron chi connectivity index (χ2n) is 7.47. The smallest absolute Gasteiger partial charge is 0.328 e. The van der Waals surface area contributed by atoms with E-state index >= 15 is 0 Å². The number of thiophene rings is 1. The molecule has 3 aromatic rings. The number of fused-ring (bicyclic) bond motifs is 1. The lowest BCUT2D eigenvalue weighted by atomic mass is 9.76. The third-order valence-electron chi connectivity index (χ3n) is 5.77. The molecule has 4 nitrogen and oxygen atoms in total. The average molecular weight is 406 g/mol. The predicted octanol–water partition coefficient (Wildman–Crippen LogP) is 5.19. The lowest BCUT2D eigenvalue weighted by Gasteiger charge is -2.48. The molecule has 2 N–H and O–H groups in total. The van der Waals surface area contributed by atoms with Gasteiger partial charge < -0.3 is 15.1 Å². The number of carboxylic acids is 1. The van der Waals surface area contributed by atoms with Crippen LogP contribution in [0.1, 0.15) is 34.1 Å². The number of nitrogens with zero attached hydrogens (tertiary/aromatic N) is 1. The second-order valence-corrected chi connectivity index (χ2v) is 8.59. The van der Waals surface area contributed by atoms with Crippen molar-refractivity contribution in [2.75, 3.05) is 11.4 Å². The van der Waals surface area contributed by atoms with Gasteiger partial charge in [-0.15, -0.1) is 11.3 Å². The van der Waals surface area contributed by atoms with Gasteiger partial charge in [-0.05, 0) is 72.2 Å². The highest BCUT2D eigenvalue weighted by Crippen LogP contribution is 2.45. The summed E-state index contributed by atoms with van der Waals surface area (Å²) in [6.07, 6.45) is 3.62. The van der Waals surface area contributed by atoms with Crippen LogP contribution < -0.4 is 4.90 Å². The molecule has 0 aliphatic carbocycles. The van der Waals surface area contributed by atoms with Crippen molar-refractivity contribution in [1.29, 1.82) is 0 Å². The van der Waals surface area contributed by atoms with Crippen LogP contribution in [0.5, 0.6) is 5.75 Å². The summed E-state index contributed by atoms with van der Waals surface area (Å²) in [4.78, 5) is 14.5. The fourth-order valence-electron chi connectivity index (χ4n) is 4.28. The molecular formula is C24H23NO3S. The molecule has 1 aliphatic heterocycles. The van der Waals surface area contributed by atoms with Crippen molar-refractivity contribution in [2.45, 2.75) is 25.8 Å². The maximum Gasteiger partial charge on any atom is 0.328 e. The number of hydrogen-bond acceptors (Lipinski definition) is 4. The molecule has 0 spiro atoms. The van der Waals surface area contributed by atoms with Crippen LogP contribution in [0.3, 0.4) is 0 Å². The van der Waals surface area contributed by atoms with Crippen molar-refractivity contribution >= 4 is 29.1 Å². The van der Waals surface area contributed by atoms with Crippen LogP contribution >= 0.6 is 11.3 Å². The number of phenols is 1. The zero-order valence-electron chi connectivity index (χ0n) is 16.4. The van der Waals surface area contributed by atoms with Crippen molar-refractivity contribution < 1.29 is 15.0 Å². The highest BCUT2D eigenvalue weighted by atomic mass is 32.1. The quantitative estimate of drug-likeness (QED) is 0.587. The van der Waals surface area contributed by atoms with E-state index in [0.29, 0.717) is 5.75 Å². The molecule has 0 fully saturated rings. The van der Waals surface area contributed by atoms with Crippen LogP contribution in [0.15, 0.2) is 60.0 Å². The van der Waals surface area contributed by atoms with Gasteiger partial charge in [0, 0.05) is 17.5 Å². The van der Waals surface area contributed by atoms with Crippen LogP contribution in [0.25, 0.3) is 6.08 Å². The molecule has 0 saturated carbocycles. The van der Waals surface area contributed by atoms with Crippen LogP contribution in [0.4, 0.5) is 5.69 Å². The highest BCUT2D eigenvalue weighted by molar-refractivity contribution is 7.10. The SMILES string of the molecule is Cc1sccc1N1CCc2cc(O)ccc2C1(C)c1ccc(/C=C/C(=O)O)cc1. The van der Waals surface area contributed by atoms with Gasteiger partial charge in [-0.1, -0.05) is 30.3 Å². The van der Waals surface area contributed by atoms with Crippen LogP contribution in [-0.4, -0.2) is 22.7 Å². The van der Waals surface area contributed by atoms with Gasteiger partial charge in [-0.3, -0.25) is 0 Å². The van der Waals surface area contributed by atoms with Crippen molar-refractivity contribution in [3.8, 4) is 5.75 Å². The number of carbonyl (C=O) groups is 1. The van der Waals surface area contributed by atoms with Crippen LogP contribution in [0.2, 0.25) is 0 Å². The monoisotopic (exact) mass is 405 g/mol. The molecule has 0 bridgehead atoms. The average Bonchev–Trinajstić information content (AvgIpc) is 3.12. The normalized spacial score (nSPS) is 18.8. The zero-order valence-corrected chi connectivity index (χ0v) is 17.2. The minimum Gasteiger partial charge on any atom is -0.508 e. The van der Waals surface area contributed by atoms with Gasteiger partial charge in [-0.2, -0.15) is 0 Å². The number of hydrogen-bond donors (Lipinski definition) is 2. The first-order valence-corrected chi connectivity index (χ1v) is 10.4. The first kappa shape index (κ1) is 19.3. The van der Waals surface area contributed by atoms with E-state index < -0.39 is 11.5 Å². The molecule has 2 aromatic carbocycles. The van der Waals surface area contributed by atoms with Gasteiger partial charge in [0.25, 0.3) is 0 Å². The Morgan fingerprint density at radius 1 is 1.17 bits per heavy atom. The third kappa shape index (κ3) is 3.42. The molecular weight excluding hydrogens is 382 g/mol. The molecule has 1 unspecified atom stereocenters. The largest absolute Gasteiger partial charge is 0.508 e. The molecule has 0 radical (unpaired) electrons. The van der Waals surface area contributed by atoms with E-state index in [2.05, 4.69) is 42.3 Å². The maximum absolute atomic E-state index is 10.8. The van der Waals surface area contributed by atoms with E-state index in [-0.39, 0.29) is 0 Å². The maximum atomic E-state index is 10.8. The minimum absolute atomic E-state index is 0.292. The number of aryl methyl sites for hydroxylation is 1. The van der Waals surface area contributed by atoms with Gasteiger partial charge in [0.05, 0.1) is 11.2 Å². The predicted molar refractivity (Wildman–Crippen MR) is 118 cm³/mol. The summed E-state index contributed by atoms with van der Waals surface area (Å²) in [6.45, 7) is 5.22. The van der Waals surface area contributed by atoms with Crippen molar-refractivity contribution in [3.63, 3.8) is 0 Å². The number of aromatic hydroxyl groups is 1. The summed E-state index contributed by atoms with van der Waals surface area (Å²) < 4.78 is 0. The van der Waals surface area contributed by atoms with Crippen molar-refractivity contribution in [1.82, 2.24) is 0 Å². The molecule has 29 heavy (non-hydrogen) atoms. The van der Waals surface area contributed by atoms with E-state index in [1.54, 1.807) is 23.5 Å². The summed E-state index contributed by atoms with van der Waals surface area (Å²) in [5.74, 6) is -0.665. The molecule has 2 heterocycles. The van der Waals surface area contributed by atoms with Gasteiger partial charge in [0.1, 0.15) is 5.75 Å². The van der Waals surface area contributed by atoms with Gasteiger partial charge in [0.2, 0.25) is 0 Å². The number of phenolic OH excluding ortho intramolecular Hbond substituents is 1. The third-order valence-corrected chi connectivity index (χ3v) is 6.61. The van der Waals surface area contributed by atoms with Crippen LogP contribution in [0, 0.1) is 6.92 Å². The van der Waals surface area contributed by atoms with Crippen LogP contribution in [-0.2, 0) is 16.8 Å². The topological polar surface area (TPSA) is 60.8 Å². The minimum atomic E-state index is -0.957. The summed E-state index contributed by atoms with van der Waals surface area (Å²) in [7, 11) is 0. The molecule has 5 heteroatoms. The summed E-state index contributed by atoms with van der Waals surface area (Å²) >= 11 is 1.74. The van der Waals surface area contributed by atoms with Gasteiger partial charge >= 0.3 is 5.97 Å². The van der Waals surface area contributed by atoms with E-state index in [1.807, 2.05) is 24.3 Å². The Balaban J connectivity index is 1.85. The Hall–Kier alpha value is -3.05. The number of aliphatic carboxylic acids is 1. The second kappa shape index (κ2) is 7.41. The van der Waals surface area contributed by atoms with Gasteiger partial charge in [-0.25, -0.2) is 4.79 Å². The summed E-state index contributed by atoms with van der Waals surface area (Å²) in [5, 5.41) is 21.0. The number of benzene rings is 2. The van der Waals surface area contributed by atoms with E-state index in [0.717, 1.165) is 35.7 Å². The van der Waals surface area contributed by atoms with Crippen molar-refractivity contribution in [3.05, 3.63) is 87.1 Å². The first-order chi connectivity index (χ1) is 13.9.